The van der Waals surface area contributed by atoms with Gasteiger partial charge in [-0.15, -0.1) is 6.58 Å². The van der Waals surface area contributed by atoms with Crippen LogP contribution >= 0.6 is 0 Å². The molecular weight excluding hydrogens is 192 g/mol. The minimum Gasteiger partial charge on any atom is -0.335 e. The fourth-order valence-electron chi connectivity index (χ4n) is 1.70. The van der Waals surface area contributed by atoms with Crippen LogP contribution in [-0.2, 0) is 9.59 Å². The largest absolute Gasteiger partial charge is 0.335 e. The molecule has 0 saturated carbocycles. The number of hydrogen-bond donors (Lipinski definition) is 1. The van der Waals surface area contributed by atoms with Gasteiger partial charge in [-0.3, -0.25) is 9.59 Å². The molecule has 15 heavy (non-hydrogen) atoms. The van der Waals surface area contributed by atoms with E-state index in [1.54, 1.807) is 6.08 Å². The molecule has 1 aliphatic heterocycles. The minimum absolute atomic E-state index is 0.0683. The molecule has 1 rings (SSSR count). The molecule has 0 aromatic rings. The highest BCUT2D eigenvalue weighted by atomic mass is 16.2. The predicted octanol–water partition coefficient (Wildman–Crippen LogP) is 1.02. The Morgan fingerprint density at radius 1 is 1.40 bits per heavy atom. The first kappa shape index (κ1) is 11.5. The van der Waals surface area contributed by atoms with Crippen LogP contribution in [0.1, 0.15) is 19.3 Å². The second-order valence-electron chi connectivity index (χ2n) is 3.53. The van der Waals surface area contributed by atoms with Gasteiger partial charge in [-0.1, -0.05) is 12.7 Å². The Bertz CT molecular complexity index is 268. The topological polar surface area (TPSA) is 49.4 Å². The van der Waals surface area contributed by atoms with Crippen LogP contribution in [0.25, 0.3) is 0 Å². The Hall–Kier alpha value is -1.58. The summed E-state index contributed by atoms with van der Waals surface area (Å²) in [4.78, 5) is 23.7. The average Bonchev–Trinajstić information content (AvgIpc) is 2.42. The smallest absolute Gasteiger partial charge is 0.228 e. The molecule has 1 saturated heterocycles. The third-order valence-electron chi connectivity index (χ3n) is 2.62. The number of carbonyl (C=O) groups is 2. The lowest BCUT2D eigenvalue weighted by molar-refractivity contribution is -0.126. The van der Waals surface area contributed by atoms with Crippen molar-refractivity contribution in [3.05, 3.63) is 25.4 Å². The molecule has 0 radical (unpaired) electrons. The molecule has 0 aromatic heterocycles. The second-order valence-corrected chi connectivity index (χ2v) is 3.53. The van der Waals surface area contributed by atoms with Gasteiger partial charge in [-0.05, 0) is 19.3 Å². The van der Waals surface area contributed by atoms with Crippen LogP contribution in [0.4, 0.5) is 0 Å². The van der Waals surface area contributed by atoms with E-state index in [-0.39, 0.29) is 18.0 Å². The fourth-order valence-corrected chi connectivity index (χ4v) is 1.70. The van der Waals surface area contributed by atoms with E-state index in [0.717, 1.165) is 19.3 Å². The third-order valence-corrected chi connectivity index (χ3v) is 2.62. The standard InChI is InChI=1S/C11H16N2O2/c1-3-9-6-5-7-10(12-11(9)15)13(4-2)8-14/h3-4,8-10H,1-2,5-7H2,(H,12,15). The van der Waals surface area contributed by atoms with Crippen LogP contribution in [0, 0.1) is 5.92 Å². The Morgan fingerprint density at radius 2 is 2.13 bits per heavy atom. The zero-order valence-corrected chi connectivity index (χ0v) is 8.69. The molecule has 2 amide bonds. The summed E-state index contributed by atoms with van der Waals surface area (Å²) in [5.41, 5.74) is 0. The van der Waals surface area contributed by atoms with E-state index in [0.29, 0.717) is 6.41 Å². The van der Waals surface area contributed by atoms with Gasteiger partial charge < -0.3 is 10.2 Å². The quantitative estimate of drug-likeness (QED) is 0.554. The zero-order valence-electron chi connectivity index (χ0n) is 8.69. The molecule has 1 heterocycles. The van der Waals surface area contributed by atoms with Crippen molar-refractivity contribution < 1.29 is 9.59 Å². The van der Waals surface area contributed by atoms with Gasteiger partial charge in [0.25, 0.3) is 0 Å². The highest BCUT2D eigenvalue weighted by molar-refractivity contribution is 5.81. The van der Waals surface area contributed by atoms with Gasteiger partial charge in [0.15, 0.2) is 0 Å². The molecule has 0 spiro atoms. The first-order valence-electron chi connectivity index (χ1n) is 5.01. The SMILES string of the molecule is C=CC1CCCC(N(C=C)C=O)NC1=O. The van der Waals surface area contributed by atoms with Crippen LogP contribution in [0.3, 0.4) is 0 Å². The summed E-state index contributed by atoms with van der Waals surface area (Å²) in [6.07, 6.45) is 5.90. The summed E-state index contributed by atoms with van der Waals surface area (Å²) < 4.78 is 0. The van der Waals surface area contributed by atoms with E-state index in [1.807, 2.05) is 0 Å². The molecule has 1 fully saturated rings. The molecule has 2 atom stereocenters. The van der Waals surface area contributed by atoms with Gasteiger partial charge >= 0.3 is 0 Å². The Labute approximate surface area is 89.6 Å². The molecule has 1 aliphatic rings. The summed E-state index contributed by atoms with van der Waals surface area (Å²) in [5, 5.41) is 2.80. The van der Waals surface area contributed by atoms with E-state index >= 15 is 0 Å². The highest BCUT2D eigenvalue weighted by Crippen LogP contribution is 2.17. The second kappa shape index (κ2) is 5.34. The van der Waals surface area contributed by atoms with Crippen molar-refractivity contribution in [2.75, 3.05) is 0 Å². The molecule has 4 nitrogen and oxygen atoms in total. The summed E-state index contributed by atoms with van der Waals surface area (Å²) in [6.45, 7) is 7.15. The van der Waals surface area contributed by atoms with Crippen molar-refractivity contribution in [1.29, 1.82) is 0 Å². The molecule has 1 N–H and O–H groups in total. The number of carbonyl (C=O) groups excluding carboxylic acids is 2. The van der Waals surface area contributed by atoms with Crippen molar-refractivity contribution in [2.24, 2.45) is 5.92 Å². The van der Waals surface area contributed by atoms with Gasteiger partial charge in [0.1, 0.15) is 6.17 Å². The van der Waals surface area contributed by atoms with Gasteiger partial charge in [0.05, 0.1) is 5.92 Å². The van der Waals surface area contributed by atoms with Crippen molar-refractivity contribution >= 4 is 12.3 Å². The van der Waals surface area contributed by atoms with E-state index in [1.165, 1.54) is 11.1 Å². The van der Waals surface area contributed by atoms with Crippen LogP contribution < -0.4 is 5.32 Å². The van der Waals surface area contributed by atoms with Crippen LogP contribution in [0.15, 0.2) is 25.4 Å². The Morgan fingerprint density at radius 3 is 2.67 bits per heavy atom. The maximum Gasteiger partial charge on any atom is 0.228 e. The first-order valence-corrected chi connectivity index (χ1v) is 5.01. The Balaban J connectivity index is 2.70. The van der Waals surface area contributed by atoms with Gasteiger partial charge in [0.2, 0.25) is 12.3 Å². The van der Waals surface area contributed by atoms with Crippen molar-refractivity contribution in [3.8, 4) is 0 Å². The number of amides is 2. The summed E-state index contributed by atoms with van der Waals surface area (Å²) >= 11 is 0. The predicted molar refractivity (Wildman–Crippen MR) is 57.6 cm³/mol. The average molecular weight is 208 g/mol. The van der Waals surface area contributed by atoms with Crippen LogP contribution in [-0.4, -0.2) is 23.4 Å². The molecule has 2 unspecified atom stereocenters. The van der Waals surface area contributed by atoms with Gasteiger partial charge in [-0.25, -0.2) is 0 Å². The number of nitrogens with zero attached hydrogens (tertiary/aromatic N) is 1. The normalized spacial score (nSPS) is 26.0. The Kier molecular flexibility index (Phi) is 4.09. The third kappa shape index (κ3) is 2.68. The van der Waals surface area contributed by atoms with Crippen molar-refractivity contribution in [2.45, 2.75) is 25.4 Å². The minimum atomic E-state index is -0.266. The zero-order chi connectivity index (χ0) is 11.3. The van der Waals surface area contributed by atoms with Crippen LogP contribution in [0.5, 0.6) is 0 Å². The molecular formula is C11H16N2O2. The lowest BCUT2D eigenvalue weighted by Crippen LogP contribution is -2.45. The molecule has 0 aliphatic carbocycles. The summed E-state index contributed by atoms with van der Waals surface area (Å²) in [6, 6.07) is 0. The first-order chi connectivity index (χ1) is 7.22. The van der Waals surface area contributed by atoms with E-state index < -0.39 is 0 Å². The summed E-state index contributed by atoms with van der Waals surface area (Å²) in [5.74, 6) is -0.213. The lowest BCUT2D eigenvalue weighted by atomic mass is 10.0. The summed E-state index contributed by atoms with van der Waals surface area (Å²) in [7, 11) is 0. The van der Waals surface area contributed by atoms with Gasteiger partial charge in [-0.2, -0.15) is 0 Å². The number of rotatable bonds is 4. The number of nitrogens with one attached hydrogen (secondary N) is 1. The lowest BCUT2D eigenvalue weighted by Gasteiger charge is -2.24. The molecule has 0 bridgehead atoms. The maximum absolute atomic E-state index is 11.6. The van der Waals surface area contributed by atoms with Crippen molar-refractivity contribution in [1.82, 2.24) is 10.2 Å². The molecule has 82 valence electrons. The number of hydrogen-bond acceptors (Lipinski definition) is 2. The van der Waals surface area contributed by atoms with Gasteiger partial charge in [0, 0.05) is 6.20 Å². The monoisotopic (exact) mass is 208 g/mol. The van der Waals surface area contributed by atoms with Crippen molar-refractivity contribution in [3.63, 3.8) is 0 Å². The van der Waals surface area contributed by atoms with Crippen LogP contribution in [0.2, 0.25) is 0 Å². The maximum atomic E-state index is 11.6. The highest BCUT2D eigenvalue weighted by Gasteiger charge is 2.25. The van der Waals surface area contributed by atoms with E-state index in [2.05, 4.69) is 18.5 Å². The molecule has 4 heteroatoms. The molecule has 0 aromatic carbocycles. The van der Waals surface area contributed by atoms with E-state index in [9.17, 15) is 9.59 Å². The fraction of sp³-hybridized carbons (Fsp3) is 0.455. The van der Waals surface area contributed by atoms with E-state index in [4.69, 9.17) is 0 Å².